The van der Waals surface area contributed by atoms with Crippen molar-refractivity contribution in [1.29, 1.82) is 0 Å². The molecule has 11 heavy (non-hydrogen) atoms. The molecule has 2 rings (SSSR count). The van der Waals surface area contributed by atoms with Gasteiger partial charge < -0.3 is 9.84 Å². The third-order valence-corrected chi connectivity index (χ3v) is 2.81. The monoisotopic (exact) mass is 156 g/mol. The van der Waals surface area contributed by atoms with Gasteiger partial charge in [0.1, 0.15) is 0 Å². The Labute approximate surface area is 67.6 Å². The van der Waals surface area contributed by atoms with Crippen molar-refractivity contribution in [2.45, 2.75) is 31.8 Å². The standard InChI is InChI=1S/C9H16O2/c10-9-6-11-5-8(9)4-3-7-1-2-7/h7-10H,1-6H2. The Hall–Kier alpha value is -0.0800. The van der Waals surface area contributed by atoms with Crippen LogP contribution < -0.4 is 0 Å². The quantitative estimate of drug-likeness (QED) is 0.665. The topological polar surface area (TPSA) is 29.5 Å². The molecular formula is C9H16O2. The summed E-state index contributed by atoms with van der Waals surface area (Å²) in [6.45, 7) is 1.35. The van der Waals surface area contributed by atoms with Gasteiger partial charge in [-0.25, -0.2) is 0 Å². The summed E-state index contributed by atoms with van der Waals surface area (Å²) in [5.41, 5.74) is 0. The molecule has 64 valence electrons. The Kier molecular flexibility index (Phi) is 2.14. The number of rotatable bonds is 3. The smallest absolute Gasteiger partial charge is 0.0823 e. The number of ether oxygens (including phenoxy) is 1. The fourth-order valence-corrected chi connectivity index (χ4v) is 1.72. The Bertz CT molecular complexity index is 132. The largest absolute Gasteiger partial charge is 0.390 e. The molecule has 0 bridgehead atoms. The van der Waals surface area contributed by atoms with Crippen molar-refractivity contribution in [2.24, 2.45) is 11.8 Å². The SMILES string of the molecule is OC1COCC1CCC1CC1. The van der Waals surface area contributed by atoms with Crippen molar-refractivity contribution in [3.05, 3.63) is 0 Å². The molecule has 2 nitrogen and oxygen atoms in total. The van der Waals surface area contributed by atoms with Gasteiger partial charge in [-0.1, -0.05) is 19.3 Å². The third-order valence-electron chi connectivity index (χ3n) is 2.81. The minimum absolute atomic E-state index is 0.172. The molecule has 1 aliphatic carbocycles. The van der Waals surface area contributed by atoms with E-state index in [-0.39, 0.29) is 6.10 Å². The second-order valence-corrected chi connectivity index (χ2v) is 3.89. The lowest BCUT2D eigenvalue weighted by molar-refractivity contribution is 0.116. The Balaban J connectivity index is 1.67. The summed E-state index contributed by atoms with van der Waals surface area (Å²) >= 11 is 0. The molecule has 2 aliphatic rings. The predicted octanol–water partition coefficient (Wildman–Crippen LogP) is 1.18. The number of hydrogen-bond acceptors (Lipinski definition) is 2. The molecular weight excluding hydrogens is 140 g/mol. The van der Waals surface area contributed by atoms with E-state index in [0.717, 1.165) is 12.5 Å². The molecule has 1 N–H and O–H groups in total. The first-order valence-corrected chi connectivity index (χ1v) is 4.62. The molecule has 0 aromatic heterocycles. The number of aliphatic hydroxyl groups excluding tert-OH is 1. The highest BCUT2D eigenvalue weighted by atomic mass is 16.5. The molecule has 1 saturated carbocycles. The summed E-state index contributed by atoms with van der Waals surface area (Å²) < 4.78 is 5.17. The van der Waals surface area contributed by atoms with Crippen LogP contribution in [0.2, 0.25) is 0 Å². The molecule has 2 fully saturated rings. The molecule has 1 aliphatic heterocycles. The normalized spacial score (nSPS) is 37.9. The summed E-state index contributed by atoms with van der Waals surface area (Å²) in [5, 5.41) is 9.40. The predicted molar refractivity (Wildman–Crippen MR) is 42.3 cm³/mol. The van der Waals surface area contributed by atoms with Gasteiger partial charge in [-0.3, -0.25) is 0 Å². The van der Waals surface area contributed by atoms with Crippen LogP contribution in [0.25, 0.3) is 0 Å². The van der Waals surface area contributed by atoms with E-state index < -0.39 is 0 Å². The maximum atomic E-state index is 9.40. The molecule has 2 heteroatoms. The molecule has 1 saturated heterocycles. The second kappa shape index (κ2) is 3.11. The van der Waals surface area contributed by atoms with E-state index in [2.05, 4.69) is 0 Å². The van der Waals surface area contributed by atoms with Gasteiger partial charge in [0.05, 0.1) is 19.3 Å². The van der Waals surface area contributed by atoms with E-state index >= 15 is 0 Å². The van der Waals surface area contributed by atoms with Crippen LogP contribution in [0.4, 0.5) is 0 Å². The summed E-state index contributed by atoms with van der Waals surface area (Å²) in [6, 6.07) is 0. The first-order valence-electron chi connectivity index (χ1n) is 4.62. The van der Waals surface area contributed by atoms with E-state index in [0.29, 0.717) is 12.5 Å². The molecule has 2 atom stereocenters. The van der Waals surface area contributed by atoms with Gasteiger partial charge >= 0.3 is 0 Å². The van der Waals surface area contributed by atoms with Crippen LogP contribution in [-0.4, -0.2) is 24.4 Å². The molecule has 0 radical (unpaired) electrons. The average Bonchev–Trinajstić information content (AvgIpc) is 2.73. The molecule has 0 aromatic carbocycles. The second-order valence-electron chi connectivity index (χ2n) is 3.89. The molecule has 1 heterocycles. The zero-order valence-electron chi connectivity index (χ0n) is 6.83. The van der Waals surface area contributed by atoms with Gasteiger partial charge in [-0.05, 0) is 12.3 Å². The van der Waals surface area contributed by atoms with Crippen LogP contribution in [0.15, 0.2) is 0 Å². The lowest BCUT2D eigenvalue weighted by Crippen LogP contribution is -2.17. The molecule has 2 unspecified atom stereocenters. The molecule has 0 aromatic rings. The highest BCUT2D eigenvalue weighted by molar-refractivity contribution is 4.79. The van der Waals surface area contributed by atoms with Crippen LogP contribution in [0.3, 0.4) is 0 Å². The van der Waals surface area contributed by atoms with Crippen LogP contribution >= 0.6 is 0 Å². The Morgan fingerprint density at radius 1 is 1.18 bits per heavy atom. The minimum atomic E-state index is -0.172. The van der Waals surface area contributed by atoms with Crippen molar-refractivity contribution < 1.29 is 9.84 Å². The maximum Gasteiger partial charge on any atom is 0.0823 e. The van der Waals surface area contributed by atoms with Gasteiger partial charge in [-0.15, -0.1) is 0 Å². The number of aliphatic hydroxyl groups is 1. The first-order chi connectivity index (χ1) is 5.36. The highest BCUT2D eigenvalue weighted by Gasteiger charge is 2.29. The summed E-state index contributed by atoms with van der Waals surface area (Å²) in [6.07, 6.45) is 5.15. The van der Waals surface area contributed by atoms with Crippen LogP contribution in [0.5, 0.6) is 0 Å². The van der Waals surface area contributed by atoms with E-state index in [9.17, 15) is 5.11 Å². The number of hydrogen-bond donors (Lipinski definition) is 1. The highest BCUT2D eigenvalue weighted by Crippen LogP contribution is 2.35. The zero-order chi connectivity index (χ0) is 7.68. The van der Waals surface area contributed by atoms with Crippen molar-refractivity contribution in [2.75, 3.05) is 13.2 Å². The van der Waals surface area contributed by atoms with Crippen LogP contribution in [0.1, 0.15) is 25.7 Å². The summed E-state index contributed by atoms with van der Waals surface area (Å²) in [5.74, 6) is 1.43. The van der Waals surface area contributed by atoms with E-state index in [1.165, 1.54) is 25.7 Å². The van der Waals surface area contributed by atoms with E-state index in [1.807, 2.05) is 0 Å². The lowest BCUT2D eigenvalue weighted by atomic mass is 9.99. The van der Waals surface area contributed by atoms with Crippen LogP contribution in [0, 0.1) is 11.8 Å². The Morgan fingerprint density at radius 3 is 2.55 bits per heavy atom. The summed E-state index contributed by atoms with van der Waals surface area (Å²) in [7, 11) is 0. The fourth-order valence-electron chi connectivity index (χ4n) is 1.72. The Morgan fingerprint density at radius 2 is 2.00 bits per heavy atom. The van der Waals surface area contributed by atoms with Crippen molar-refractivity contribution in [1.82, 2.24) is 0 Å². The average molecular weight is 156 g/mol. The third kappa shape index (κ3) is 1.94. The van der Waals surface area contributed by atoms with E-state index in [1.54, 1.807) is 0 Å². The minimum Gasteiger partial charge on any atom is -0.390 e. The van der Waals surface area contributed by atoms with Gasteiger partial charge in [0.15, 0.2) is 0 Å². The van der Waals surface area contributed by atoms with Crippen molar-refractivity contribution in [3.63, 3.8) is 0 Å². The van der Waals surface area contributed by atoms with Crippen molar-refractivity contribution >= 4 is 0 Å². The fraction of sp³-hybridized carbons (Fsp3) is 1.00. The van der Waals surface area contributed by atoms with Crippen molar-refractivity contribution in [3.8, 4) is 0 Å². The zero-order valence-corrected chi connectivity index (χ0v) is 6.83. The van der Waals surface area contributed by atoms with E-state index in [4.69, 9.17) is 4.74 Å². The van der Waals surface area contributed by atoms with Gasteiger partial charge in [0.25, 0.3) is 0 Å². The lowest BCUT2D eigenvalue weighted by Gasteiger charge is -2.10. The molecule has 0 spiro atoms. The summed E-state index contributed by atoms with van der Waals surface area (Å²) in [4.78, 5) is 0. The van der Waals surface area contributed by atoms with Crippen LogP contribution in [-0.2, 0) is 4.74 Å². The van der Waals surface area contributed by atoms with Gasteiger partial charge in [0, 0.05) is 5.92 Å². The maximum absolute atomic E-state index is 9.40. The van der Waals surface area contributed by atoms with Gasteiger partial charge in [0.2, 0.25) is 0 Å². The van der Waals surface area contributed by atoms with Gasteiger partial charge in [-0.2, -0.15) is 0 Å². The first kappa shape index (κ1) is 7.56. The molecule has 0 amide bonds.